The molecular formula is C23H26Cl2N2O. The molecule has 0 N–H and O–H groups in total. The van der Waals surface area contributed by atoms with Crippen LogP contribution in [0, 0.1) is 6.92 Å². The van der Waals surface area contributed by atoms with Gasteiger partial charge in [0.2, 0.25) is 5.91 Å². The number of fused-ring (bicyclic) bond motifs is 1. The number of carbonyl (C=O) groups excluding carboxylic acids is 1. The average molecular weight is 417 g/mol. The fourth-order valence-corrected chi connectivity index (χ4v) is 4.89. The lowest BCUT2D eigenvalue weighted by atomic mass is 9.88. The highest BCUT2D eigenvalue weighted by molar-refractivity contribution is 6.42. The van der Waals surface area contributed by atoms with Crippen LogP contribution in [0.2, 0.25) is 10.0 Å². The second-order valence-corrected chi connectivity index (χ2v) is 8.74. The second kappa shape index (κ2) is 8.44. The third-order valence-corrected chi connectivity index (χ3v) is 6.81. The summed E-state index contributed by atoms with van der Waals surface area (Å²) in [5, 5.41) is 1.02. The molecule has 1 fully saturated rings. The molecule has 1 amide bonds. The largest absolute Gasteiger partial charge is 0.334 e. The summed E-state index contributed by atoms with van der Waals surface area (Å²) in [5.74, 6) is 0.162. The van der Waals surface area contributed by atoms with Gasteiger partial charge < -0.3 is 9.80 Å². The molecule has 3 nitrogen and oxygen atoms in total. The van der Waals surface area contributed by atoms with Gasteiger partial charge in [-0.2, -0.15) is 0 Å². The number of halogens is 2. The van der Waals surface area contributed by atoms with Crippen molar-refractivity contribution in [2.75, 3.05) is 26.2 Å². The molecule has 0 bridgehead atoms. The van der Waals surface area contributed by atoms with Gasteiger partial charge in [0.15, 0.2) is 0 Å². The standard InChI is InChI=1S/C23H26Cl2N2O/c1-16-5-4-6-19-18(16)9-12-27(22(19)15-26-10-2-3-11-26)23(28)14-17-7-8-20(24)21(25)13-17/h4-8,13,22H,2-3,9-12,14-15H2,1H3. The van der Waals surface area contributed by atoms with E-state index in [2.05, 4.69) is 34.9 Å². The minimum absolute atomic E-state index is 0.122. The molecule has 2 aliphatic heterocycles. The number of nitrogens with zero attached hydrogens (tertiary/aromatic N) is 2. The van der Waals surface area contributed by atoms with E-state index in [0.29, 0.717) is 16.5 Å². The van der Waals surface area contributed by atoms with E-state index in [9.17, 15) is 4.79 Å². The summed E-state index contributed by atoms with van der Waals surface area (Å²) in [5.41, 5.74) is 4.99. The van der Waals surface area contributed by atoms with Crippen molar-refractivity contribution in [2.45, 2.75) is 38.6 Å². The number of likely N-dealkylation sites (tertiary alicyclic amines) is 1. The van der Waals surface area contributed by atoms with Gasteiger partial charge in [-0.1, -0.05) is 47.5 Å². The van der Waals surface area contributed by atoms with Gasteiger partial charge in [-0.05, 0) is 73.7 Å². The summed E-state index contributed by atoms with van der Waals surface area (Å²) in [6.45, 7) is 6.14. The second-order valence-electron chi connectivity index (χ2n) is 7.93. The van der Waals surface area contributed by atoms with Gasteiger partial charge in [-0.25, -0.2) is 0 Å². The van der Waals surface area contributed by atoms with Crippen molar-refractivity contribution in [3.05, 3.63) is 68.7 Å². The van der Waals surface area contributed by atoms with E-state index in [1.54, 1.807) is 12.1 Å². The molecule has 4 rings (SSSR count). The fraction of sp³-hybridized carbons (Fsp3) is 0.435. The Hall–Kier alpha value is -1.55. The van der Waals surface area contributed by atoms with Crippen molar-refractivity contribution in [3.8, 4) is 0 Å². The van der Waals surface area contributed by atoms with Crippen LogP contribution in [-0.2, 0) is 17.6 Å². The lowest BCUT2D eigenvalue weighted by Gasteiger charge is -2.40. The molecular weight excluding hydrogens is 391 g/mol. The molecule has 28 heavy (non-hydrogen) atoms. The third-order valence-electron chi connectivity index (χ3n) is 6.07. The number of amides is 1. The summed E-state index contributed by atoms with van der Waals surface area (Å²) >= 11 is 12.2. The Labute approximate surface area is 177 Å². The maximum Gasteiger partial charge on any atom is 0.227 e. The average Bonchev–Trinajstić information content (AvgIpc) is 3.18. The topological polar surface area (TPSA) is 23.6 Å². The summed E-state index contributed by atoms with van der Waals surface area (Å²) < 4.78 is 0. The van der Waals surface area contributed by atoms with E-state index in [4.69, 9.17) is 23.2 Å². The highest BCUT2D eigenvalue weighted by Gasteiger charge is 2.33. The van der Waals surface area contributed by atoms with Crippen molar-refractivity contribution in [1.29, 1.82) is 0 Å². The van der Waals surface area contributed by atoms with E-state index >= 15 is 0 Å². The molecule has 2 heterocycles. The van der Waals surface area contributed by atoms with Gasteiger partial charge in [-0.15, -0.1) is 0 Å². The van der Waals surface area contributed by atoms with E-state index in [1.807, 2.05) is 6.07 Å². The molecule has 2 aromatic carbocycles. The highest BCUT2D eigenvalue weighted by atomic mass is 35.5. The van der Waals surface area contributed by atoms with Crippen LogP contribution >= 0.6 is 23.2 Å². The van der Waals surface area contributed by atoms with Gasteiger partial charge in [0.1, 0.15) is 0 Å². The van der Waals surface area contributed by atoms with Gasteiger partial charge >= 0.3 is 0 Å². The van der Waals surface area contributed by atoms with Crippen LogP contribution in [0.15, 0.2) is 36.4 Å². The number of hydrogen-bond donors (Lipinski definition) is 0. The normalized spacial score (nSPS) is 19.7. The Morgan fingerprint density at radius 1 is 1.07 bits per heavy atom. The summed E-state index contributed by atoms with van der Waals surface area (Å²) in [6.07, 6.45) is 3.79. The Balaban J connectivity index is 1.60. The number of carbonyl (C=O) groups is 1. The van der Waals surface area contributed by atoms with Crippen LogP contribution in [0.1, 0.15) is 41.1 Å². The van der Waals surface area contributed by atoms with Crippen LogP contribution in [-0.4, -0.2) is 41.9 Å². The Morgan fingerprint density at radius 3 is 2.61 bits per heavy atom. The predicted octanol–water partition coefficient (Wildman–Crippen LogP) is 5.07. The predicted molar refractivity (Wildman–Crippen MR) is 115 cm³/mol. The highest BCUT2D eigenvalue weighted by Crippen LogP contribution is 2.34. The van der Waals surface area contributed by atoms with Gasteiger partial charge in [0.05, 0.1) is 22.5 Å². The zero-order chi connectivity index (χ0) is 19.7. The SMILES string of the molecule is Cc1cccc2c1CCN(C(=O)Cc1ccc(Cl)c(Cl)c1)C2CN1CCCC1. The van der Waals surface area contributed by atoms with Gasteiger partial charge in [-0.3, -0.25) is 4.79 Å². The monoisotopic (exact) mass is 416 g/mol. The van der Waals surface area contributed by atoms with E-state index in [1.165, 1.54) is 29.5 Å². The molecule has 5 heteroatoms. The smallest absolute Gasteiger partial charge is 0.227 e. The van der Waals surface area contributed by atoms with E-state index in [0.717, 1.165) is 38.2 Å². The van der Waals surface area contributed by atoms with E-state index in [-0.39, 0.29) is 11.9 Å². The van der Waals surface area contributed by atoms with Crippen LogP contribution in [0.4, 0.5) is 0 Å². The maximum atomic E-state index is 13.3. The summed E-state index contributed by atoms with van der Waals surface area (Å²) in [6, 6.07) is 12.1. The van der Waals surface area contributed by atoms with Crippen LogP contribution in [0.3, 0.4) is 0 Å². The minimum atomic E-state index is 0.122. The van der Waals surface area contributed by atoms with Crippen LogP contribution in [0.5, 0.6) is 0 Å². The molecule has 1 saturated heterocycles. The van der Waals surface area contributed by atoms with Crippen molar-refractivity contribution < 1.29 is 4.79 Å². The maximum absolute atomic E-state index is 13.3. The molecule has 0 spiro atoms. The molecule has 0 radical (unpaired) electrons. The lowest BCUT2D eigenvalue weighted by Crippen LogP contribution is -2.45. The number of hydrogen-bond acceptors (Lipinski definition) is 2. The van der Waals surface area contributed by atoms with Crippen molar-refractivity contribution in [3.63, 3.8) is 0 Å². The number of rotatable bonds is 4. The number of aryl methyl sites for hydroxylation is 1. The third kappa shape index (κ3) is 4.07. The first-order valence-electron chi connectivity index (χ1n) is 10.1. The van der Waals surface area contributed by atoms with Crippen LogP contribution in [0.25, 0.3) is 0 Å². The fourth-order valence-electron chi connectivity index (χ4n) is 4.57. The first-order chi connectivity index (χ1) is 13.5. The Morgan fingerprint density at radius 2 is 1.86 bits per heavy atom. The van der Waals surface area contributed by atoms with Crippen molar-refractivity contribution in [1.82, 2.24) is 9.80 Å². The lowest BCUT2D eigenvalue weighted by molar-refractivity contribution is -0.133. The first kappa shape index (κ1) is 19.8. The zero-order valence-corrected chi connectivity index (χ0v) is 17.8. The molecule has 1 unspecified atom stereocenters. The van der Waals surface area contributed by atoms with Gasteiger partial charge in [0, 0.05) is 13.1 Å². The first-order valence-corrected chi connectivity index (χ1v) is 10.8. The molecule has 2 aromatic rings. The van der Waals surface area contributed by atoms with E-state index < -0.39 is 0 Å². The minimum Gasteiger partial charge on any atom is -0.334 e. The molecule has 0 saturated carbocycles. The molecule has 148 valence electrons. The quantitative estimate of drug-likeness (QED) is 0.694. The van der Waals surface area contributed by atoms with Crippen molar-refractivity contribution >= 4 is 29.1 Å². The summed E-state index contributed by atoms with van der Waals surface area (Å²) in [4.78, 5) is 17.9. The molecule has 2 aliphatic rings. The molecule has 0 aliphatic carbocycles. The van der Waals surface area contributed by atoms with Crippen LogP contribution < -0.4 is 0 Å². The Kier molecular flexibility index (Phi) is 5.96. The molecule has 1 atom stereocenters. The Bertz CT molecular complexity index is 877. The summed E-state index contributed by atoms with van der Waals surface area (Å²) in [7, 11) is 0. The molecule has 0 aromatic heterocycles. The van der Waals surface area contributed by atoms with Gasteiger partial charge in [0.25, 0.3) is 0 Å². The number of benzene rings is 2. The zero-order valence-electron chi connectivity index (χ0n) is 16.3. The van der Waals surface area contributed by atoms with Crippen molar-refractivity contribution in [2.24, 2.45) is 0 Å².